The zero-order chi connectivity index (χ0) is 11.5. The standard InChI is InChI=1S/C11H19N5/c1-4-16(9-7-12-8-9)10-5-6-13-11(14-10)15(2)3/h5-6,9,12H,4,7-8H2,1-3H3. The van der Waals surface area contributed by atoms with Gasteiger partial charge in [0.1, 0.15) is 5.82 Å². The van der Waals surface area contributed by atoms with Crippen LogP contribution in [0.25, 0.3) is 0 Å². The fraction of sp³-hybridized carbons (Fsp3) is 0.636. The third kappa shape index (κ3) is 2.09. The summed E-state index contributed by atoms with van der Waals surface area (Å²) in [6, 6.07) is 2.56. The van der Waals surface area contributed by atoms with Gasteiger partial charge in [0.25, 0.3) is 0 Å². The predicted octanol–water partition coefficient (Wildman–Crippen LogP) is 0.341. The van der Waals surface area contributed by atoms with E-state index in [9.17, 15) is 0 Å². The molecular formula is C11H19N5. The van der Waals surface area contributed by atoms with Crippen molar-refractivity contribution in [2.24, 2.45) is 0 Å². The largest absolute Gasteiger partial charge is 0.351 e. The number of hydrogen-bond donors (Lipinski definition) is 1. The molecule has 16 heavy (non-hydrogen) atoms. The number of rotatable bonds is 4. The highest BCUT2D eigenvalue weighted by Crippen LogP contribution is 2.17. The van der Waals surface area contributed by atoms with Gasteiger partial charge in [-0.1, -0.05) is 0 Å². The van der Waals surface area contributed by atoms with E-state index in [4.69, 9.17) is 0 Å². The summed E-state index contributed by atoms with van der Waals surface area (Å²) in [4.78, 5) is 13.0. The maximum Gasteiger partial charge on any atom is 0.226 e. The zero-order valence-electron chi connectivity index (χ0n) is 10.1. The first-order valence-electron chi connectivity index (χ1n) is 5.70. The van der Waals surface area contributed by atoms with Crippen molar-refractivity contribution in [3.63, 3.8) is 0 Å². The molecule has 0 aromatic carbocycles. The van der Waals surface area contributed by atoms with E-state index in [0.717, 1.165) is 31.4 Å². The Morgan fingerprint density at radius 3 is 2.69 bits per heavy atom. The lowest BCUT2D eigenvalue weighted by atomic mass is 10.1. The van der Waals surface area contributed by atoms with Crippen molar-refractivity contribution >= 4 is 11.8 Å². The fourth-order valence-electron chi connectivity index (χ4n) is 1.82. The summed E-state index contributed by atoms with van der Waals surface area (Å²) in [5, 5.41) is 3.29. The van der Waals surface area contributed by atoms with Crippen LogP contribution in [-0.2, 0) is 0 Å². The van der Waals surface area contributed by atoms with Crippen molar-refractivity contribution in [2.45, 2.75) is 13.0 Å². The van der Waals surface area contributed by atoms with Gasteiger partial charge in [0, 0.05) is 39.9 Å². The topological polar surface area (TPSA) is 44.3 Å². The molecule has 2 rings (SSSR count). The molecule has 0 bridgehead atoms. The van der Waals surface area contributed by atoms with E-state index in [0.29, 0.717) is 6.04 Å². The minimum Gasteiger partial charge on any atom is -0.351 e. The van der Waals surface area contributed by atoms with Crippen LogP contribution >= 0.6 is 0 Å². The monoisotopic (exact) mass is 221 g/mol. The maximum atomic E-state index is 4.56. The second-order valence-electron chi connectivity index (χ2n) is 4.21. The zero-order valence-corrected chi connectivity index (χ0v) is 10.1. The van der Waals surface area contributed by atoms with Gasteiger partial charge < -0.3 is 15.1 Å². The Labute approximate surface area is 96.5 Å². The minimum atomic E-state index is 0.579. The van der Waals surface area contributed by atoms with Crippen molar-refractivity contribution < 1.29 is 0 Å². The van der Waals surface area contributed by atoms with Gasteiger partial charge in [-0.25, -0.2) is 4.98 Å². The maximum absolute atomic E-state index is 4.56. The van der Waals surface area contributed by atoms with Crippen LogP contribution in [0.5, 0.6) is 0 Å². The lowest BCUT2D eigenvalue weighted by Gasteiger charge is -2.38. The summed E-state index contributed by atoms with van der Waals surface area (Å²) in [5.74, 6) is 1.79. The van der Waals surface area contributed by atoms with Crippen LogP contribution in [0.1, 0.15) is 6.92 Å². The van der Waals surface area contributed by atoms with Crippen molar-refractivity contribution in [2.75, 3.05) is 43.5 Å². The first kappa shape index (κ1) is 11.1. The molecule has 0 spiro atoms. The number of nitrogens with zero attached hydrogens (tertiary/aromatic N) is 4. The SMILES string of the molecule is CCN(c1ccnc(N(C)C)n1)C1CNC1. The quantitative estimate of drug-likeness (QED) is 0.794. The second-order valence-corrected chi connectivity index (χ2v) is 4.21. The molecule has 5 heteroatoms. The Hall–Kier alpha value is -1.36. The van der Waals surface area contributed by atoms with Crippen LogP contribution in [0, 0.1) is 0 Å². The van der Waals surface area contributed by atoms with Crippen LogP contribution in [0.15, 0.2) is 12.3 Å². The van der Waals surface area contributed by atoms with Crippen molar-refractivity contribution in [3.8, 4) is 0 Å². The predicted molar refractivity (Wildman–Crippen MR) is 66.0 cm³/mol. The van der Waals surface area contributed by atoms with Crippen LogP contribution in [0.2, 0.25) is 0 Å². The third-order valence-electron chi connectivity index (χ3n) is 2.86. The van der Waals surface area contributed by atoms with Crippen LogP contribution in [0.4, 0.5) is 11.8 Å². The van der Waals surface area contributed by atoms with Crippen molar-refractivity contribution in [1.29, 1.82) is 0 Å². The van der Waals surface area contributed by atoms with E-state index in [1.165, 1.54) is 0 Å². The lowest BCUT2D eigenvalue weighted by Crippen LogP contribution is -2.57. The number of aromatic nitrogens is 2. The summed E-state index contributed by atoms with van der Waals surface area (Å²) >= 11 is 0. The number of hydrogen-bond acceptors (Lipinski definition) is 5. The molecule has 5 nitrogen and oxygen atoms in total. The Morgan fingerprint density at radius 2 is 2.19 bits per heavy atom. The number of nitrogens with one attached hydrogen (secondary N) is 1. The van der Waals surface area contributed by atoms with E-state index in [2.05, 4.69) is 27.1 Å². The number of anilines is 2. The highest BCUT2D eigenvalue weighted by Gasteiger charge is 2.24. The van der Waals surface area contributed by atoms with Gasteiger partial charge in [-0.15, -0.1) is 0 Å². The molecule has 1 aliphatic rings. The molecule has 1 aromatic rings. The van der Waals surface area contributed by atoms with E-state index in [1.54, 1.807) is 0 Å². The summed E-state index contributed by atoms with van der Waals surface area (Å²) in [5.41, 5.74) is 0. The average molecular weight is 221 g/mol. The van der Waals surface area contributed by atoms with Gasteiger partial charge >= 0.3 is 0 Å². The number of likely N-dealkylation sites (N-methyl/N-ethyl adjacent to an activating group) is 1. The average Bonchev–Trinajstić information content (AvgIpc) is 2.23. The normalized spacial score (nSPS) is 15.7. The third-order valence-corrected chi connectivity index (χ3v) is 2.86. The van der Waals surface area contributed by atoms with Gasteiger partial charge in [-0.05, 0) is 13.0 Å². The van der Waals surface area contributed by atoms with Crippen molar-refractivity contribution in [1.82, 2.24) is 15.3 Å². The molecule has 1 N–H and O–H groups in total. The summed E-state index contributed by atoms with van der Waals surface area (Å²) < 4.78 is 0. The lowest BCUT2D eigenvalue weighted by molar-refractivity contribution is 0.415. The van der Waals surface area contributed by atoms with Crippen molar-refractivity contribution in [3.05, 3.63) is 12.3 Å². The molecule has 0 radical (unpaired) electrons. The van der Waals surface area contributed by atoms with Gasteiger partial charge in [-0.3, -0.25) is 0 Å². The second kappa shape index (κ2) is 4.65. The molecule has 0 saturated carbocycles. The fourth-order valence-corrected chi connectivity index (χ4v) is 1.82. The Morgan fingerprint density at radius 1 is 1.44 bits per heavy atom. The van der Waals surface area contributed by atoms with E-state index in [-0.39, 0.29) is 0 Å². The summed E-state index contributed by atoms with van der Waals surface area (Å²) in [6.45, 7) is 5.25. The Kier molecular flexibility index (Phi) is 3.24. The van der Waals surface area contributed by atoms with Crippen LogP contribution in [0.3, 0.4) is 0 Å². The molecular weight excluding hydrogens is 202 g/mol. The Balaban J connectivity index is 2.20. The summed E-state index contributed by atoms with van der Waals surface area (Å²) in [7, 11) is 3.92. The first-order chi connectivity index (χ1) is 7.72. The summed E-state index contributed by atoms with van der Waals surface area (Å²) in [6.07, 6.45) is 1.83. The molecule has 0 atom stereocenters. The highest BCUT2D eigenvalue weighted by molar-refractivity contribution is 5.44. The van der Waals surface area contributed by atoms with Crippen LogP contribution < -0.4 is 15.1 Å². The van der Waals surface area contributed by atoms with Crippen LogP contribution in [-0.4, -0.2) is 49.7 Å². The smallest absolute Gasteiger partial charge is 0.226 e. The molecule has 1 fully saturated rings. The molecule has 0 aliphatic carbocycles. The molecule has 1 aliphatic heterocycles. The molecule has 0 unspecified atom stereocenters. The highest BCUT2D eigenvalue weighted by atomic mass is 15.3. The van der Waals surface area contributed by atoms with Gasteiger partial charge in [-0.2, -0.15) is 4.98 Å². The van der Waals surface area contributed by atoms with Gasteiger partial charge in [0.05, 0.1) is 6.04 Å². The van der Waals surface area contributed by atoms with E-state index >= 15 is 0 Å². The molecule has 1 saturated heterocycles. The molecule has 2 heterocycles. The van der Waals surface area contributed by atoms with Gasteiger partial charge in [0.2, 0.25) is 5.95 Å². The Bertz CT molecular complexity index is 348. The van der Waals surface area contributed by atoms with Gasteiger partial charge in [0.15, 0.2) is 0 Å². The van der Waals surface area contributed by atoms with E-state index in [1.807, 2.05) is 31.3 Å². The minimum absolute atomic E-state index is 0.579. The molecule has 88 valence electrons. The molecule has 1 aromatic heterocycles. The first-order valence-corrected chi connectivity index (χ1v) is 5.70. The van der Waals surface area contributed by atoms with E-state index < -0.39 is 0 Å². The molecule has 0 amide bonds.